The molecule has 0 rings (SSSR count). The van der Waals surface area contributed by atoms with E-state index in [2.05, 4.69) is 20.9 Å². The summed E-state index contributed by atoms with van der Waals surface area (Å²) in [6, 6.07) is 0. The lowest BCUT2D eigenvalue weighted by atomic mass is 10.1. The van der Waals surface area contributed by atoms with Crippen LogP contribution in [-0.2, 0) is 18.4 Å². The summed E-state index contributed by atoms with van der Waals surface area (Å²) in [6.45, 7) is 1.56. The molecular formula is C9H15O5P. The molecule has 0 aliphatic rings. The lowest BCUT2D eigenvalue weighted by molar-refractivity contribution is -0.139. The van der Waals surface area contributed by atoms with Crippen LogP contribution in [0.25, 0.3) is 0 Å². The van der Waals surface area contributed by atoms with Gasteiger partial charge in [-0.25, -0.2) is 0 Å². The molecule has 86 valence electrons. The van der Waals surface area contributed by atoms with E-state index >= 15 is 0 Å². The van der Waals surface area contributed by atoms with Crippen molar-refractivity contribution in [2.24, 2.45) is 5.92 Å². The molecule has 0 spiro atoms. The lowest BCUT2D eigenvalue weighted by Gasteiger charge is -2.14. The Morgan fingerprint density at radius 2 is 2.00 bits per heavy atom. The molecule has 0 aliphatic carbocycles. The first-order chi connectivity index (χ1) is 6.99. The SMILES string of the molecule is CC#CC(CCP(=O)(OC)OC)C(=O)O. The number of hydrogen-bond donors (Lipinski definition) is 1. The van der Waals surface area contributed by atoms with Gasteiger partial charge in [0.05, 0.1) is 6.16 Å². The van der Waals surface area contributed by atoms with Crippen LogP contribution in [0.1, 0.15) is 13.3 Å². The molecule has 0 saturated heterocycles. The number of carboxylic acid groups (broad SMARTS) is 1. The first-order valence-corrected chi connectivity index (χ1v) is 6.07. The molecule has 1 N–H and O–H groups in total. The Bertz CT molecular complexity index is 306. The minimum absolute atomic E-state index is 0.0473. The van der Waals surface area contributed by atoms with Gasteiger partial charge in [-0.3, -0.25) is 9.36 Å². The molecule has 0 radical (unpaired) electrons. The number of carbonyl (C=O) groups is 1. The third kappa shape index (κ3) is 4.98. The van der Waals surface area contributed by atoms with Crippen molar-refractivity contribution in [1.82, 2.24) is 0 Å². The van der Waals surface area contributed by atoms with E-state index in [9.17, 15) is 9.36 Å². The van der Waals surface area contributed by atoms with Crippen LogP contribution in [0.5, 0.6) is 0 Å². The molecule has 0 fully saturated rings. The average molecular weight is 234 g/mol. The van der Waals surface area contributed by atoms with Gasteiger partial charge >= 0.3 is 13.6 Å². The fraction of sp³-hybridized carbons (Fsp3) is 0.667. The second-order valence-electron chi connectivity index (χ2n) is 2.77. The van der Waals surface area contributed by atoms with E-state index in [1.54, 1.807) is 6.92 Å². The highest BCUT2D eigenvalue weighted by atomic mass is 31.2. The predicted octanol–water partition coefficient (Wildman–Crippen LogP) is 1.59. The molecule has 0 aromatic rings. The van der Waals surface area contributed by atoms with Crippen molar-refractivity contribution in [1.29, 1.82) is 0 Å². The molecule has 0 aromatic heterocycles. The quantitative estimate of drug-likeness (QED) is 0.558. The third-order valence-electron chi connectivity index (χ3n) is 1.86. The van der Waals surface area contributed by atoms with Crippen molar-refractivity contribution < 1.29 is 23.5 Å². The summed E-state index contributed by atoms with van der Waals surface area (Å²) in [5, 5.41) is 8.77. The Kier molecular flexibility index (Phi) is 6.26. The second kappa shape index (κ2) is 6.62. The van der Waals surface area contributed by atoms with Gasteiger partial charge in [-0.15, -0.1) is 5.92 Å². The van der Waals surface area contributed by atoms with E-state index in [0.29, 0.717) is 0 Å². The maximum Gasteiger partial charge on any atom is 0.330 e. The van der Waals surface area contributed by atoms with Crippen LogP contribution in [0, 0.1) is 17.8 Å². The molecule has 0 amide bonds. The number of aliphatic carboxylic acids is 1. The molecule has 0 aromatic carbocycles. The highest BCUT2D eigenvalue weighted by Gasteiger charge is 2.25. The number of carboxylic acids is 1. The summed E-state index contributed by atoms with van der Waals surface area (Å²) < 4.78 is 21.0. The number of hydrogen-bond acceptors (Lipinski definition) is 4. The van der Waals surface area contributed by atoms with Crippen LogP contribution in [0.4, 0.5) is 0 Å². The summed E-state index contributed by atoms with van der Waals surface area (Å²) in [7, 11) is -0.591. The van der Waals surface area contributed by atoms with Crippen molar-refractivity contribution in [2.75, 3.05) is 20.4 Å². The summed E-state index contributed by atoms with van der Waals surface area (Å²) in [4.78, 5) is 10.7. The van der Waals surface area contributed by atoms with Crippen molar-refractivity contribution in [3.63, 3.8) is 0 Å². The predicted molar refractivity (Wildman–Crippen MR) is 55.7 cm³/mol. The van der Waals surface area contributed by atoms with Crippen molar-refractivity contribution in [2.45, 2.75) is 13.3 Å². The van der Waals surface area contributed by atoms with Gasteiger partial charge in [0.25, 0.3) is 0 Å². The first-order valence-electron chi connectivity index (χ1n) is 4.34. The maximum absolute atomic E-state index is 11.6. The van der Waals surface area contributed by atoms with E-state index in [4.69, 9.17) is 5.11 Å². The molecule has 5 nitrogen and oxygen atoms in total. The van der Waals surface area contributed by atoms with E-state index in [1.807, 2.05) is 0 Å². The minimum atomic E-state index is -3.13. The highest BCUT2D eigenvalue weighted by Crippen LogP contribution is 2.47. The first kappa shape index (κ1) is 14.2. The average Bonchev–Trinajstić information content (AvgIpc) is 2.23. The monoisotopic (exact) mass is 234 g/mol. The van der Waals surface area contributed by atoms with Gasteiger partial charge in [0.2, 0.25) is 0 Å². The highest BCUT2D eigenvalue weighted by molar-refractivity contribution is 7.53. The minimum Gasteiger partial charge on any atom is -0.480 e. The van der Waals surface area contributed by atoms with Gasteiger partial charge < -0.3 is 14.2 Å². The van der Waals surface area contributed by atoms with Crippen LogP contribution in [0.2, 0.25) is 0 Å². The van der Waals surface area contributed by atoms with E-state index in [1.165, 1.54) is 14.2 Å². The Morgan fingerprint density at radius 3 is 2.33 bits per heavy atom. The lowest BCUT2D eigenvalue weighted by Crippen LogP contribution is -2.13. The maximum atomic E-state index is 11.6. The van der Waals surface area contributed by atoms with Crippen molar-refractivity contribution >= 4 is 13.6 Å². The molecule has 6 heteroatoms. The van der Waals surface area contributed by atoms with Crippen LogP contribution in [-0.4, -0.2) is 31.5 Å². The molecular weight excluding hydrogens is 219 g/mol. The van der Waals surface area contributed by atoms with Gasteiger partial charge in [0.1, 0.15) is 5.92 Å². The third-order valence-corrected chi connectivity index (χ3v) is 3.78. The zero-order chi connectivity index (χ0) is 11.9. The van der Waals surface area contributed by atoms with E-state index in [-0.39, 0.29) is 12.6 Å². The van der Waals surface area contributed by atoms with Gasteiger partial charge in [0, 0.05) is 14.2 Å². The summed E-state index contributed by atoms with van der Waals surface area (Å²) in [5.74, 6) is 3.19. The molecule has 15 heavy (non-hydrogen) atoms. The summed E-state index contributed by atoms with van der Waals surface area (Å²) >= 11 is 0. The van der Waals surface area contributed by atoms with Crippen molar-refractivity contribution in [3.8, 4) is 11.8 Å². The smallest absolute Gasteiger partial charge is 0.330 e. The fourth-order valence-corrected chi connectivity index (χ4v) is 2.06. The Balaban J connectivity index is 4.38. The van der Waals surface area contributed by atoms with Crippen LogP contribution < -0.4 is 0 Å². The fourth-order valence-electron chi connectivity index (χ4n) is 0.976. The zero-order valence-corrected chi connectivity index (χ0v) is 9.91. The van der Waals surface area contributed by atoms with Crippen LogP contribution >= 0.6 is 7.60 Å². The number of rotatable bonds is 6. The molecule has 0 aliphatic heterocycles. The summed E-state index contributed by atoms with van der Waals surface area (Å²) in [5.41, 5.74) is 0. The molecule has 0 bridgehead atoms. The molecule has 0 heterocycles. The van der Waals surface area contributed by atoms with Crippen LogP contribution in [0.3, 0.4) is 0 Å². The van der Waals surface area contributed by atoms with Gasteiger partial charge in [0.15, 0.2) is 0 Å². The van der Waals surface area contributed by atoms with Crippen molar-refractivity contribution in [3.05, 3.63) is 0 Å². The van der Waals surface area contributed by atoms with Gasteiger partial charge in [-0.2, -0.15) is 0 Å². The molecule has 0 saturated carbocycles. The Morgan fingerprint density at radius 1 is 1.47 bits per heavy atom. The Hall–Kier alpha value is -0.820. The zero-order valence-electron chi connectivity index (χ0n) is 9.02. The van der Waals surface area contributed by atoms with E-state index < -0.39 is 19.5 Å². The normalized spacial score (nSPS) is 12.7. The van der Waals surface area contributed by atoms with Crippen LogP contribution in [0.15, 0.2) is 0 Å². The molecule has 1 atom stereocenters. The summed E-state index contributed by atoms with van der Waals surface area (Å²) in [6.07, 6.45) is 0.195. The van der Waals surface area contributed by atoms with Gasteiger partial charge in [-0.1, -0.05) is 5.92 Å². The Labute approximate surface area is 89.3 Å². The topological polar surface area (TPSA) is 72.8 Å². The molecule has 1 unspecified atom stereocenters. The standard InChI is InChI=1S/C9H15O5P/c1-4-5-8(9(10)11)6-7-15(12,13-2)14-3/h8H,6-7H2,1-3H3,(H,10,11). The van der Waals surface area contributed by atoms with Gasteiger partial charge in [-0.05, 0) is 13.3 Å². The van der Waals surface area contributed by atoms with E-state index in [0.717, 1.165) is 0 Å². The largest absolute Gasteiger partial charge is 0.480 e. The second-order valence-corrected chi connectivity index (χ2v) is 5.17.